The zero-order valence-electron chi connectivity index (χ0n) is 14.3. The van der Waals surface area contributed by atoms with E-state index in [9.17, 15) is 15.2 Å². The summed E-state index contributed by atoms with van der Waals surface area (Å²) in [5, 5.41) is 24.2. The summed E-state index contributed by atoms with van der Waals surface area (Å²) in [6, 6.07) is 17.1. The lowest BCUT2D eigenvalue weighted by Gasteiger charge is -2.12. The van der Waals surface area contributed by atoms with Gasteiger partial charge in [0.25, 0.3) is 0 Å². The molecule has 0 saturated heterocycles. The van der Waals surface area contributed by atoms with E-state index < -0.39 is 6.10 Å². The van der Waals surface area contributed by atoms with Gasteiger partial charge in [-0.15, -0.1) is 0 Å². The van der Waals surface area contributed by atoms with Crippen molar-refractivity contribution in [2.24, 2.45) is 0 Å². The number of nitrogens with one attached hydrogen (secondary N) is 2. The van der Waals surface area contributed by atoms with Crippen molar-refractivity contribution in [3.8, 4) is 17.2 Å². The van der Waals surface area contributed by atoms with E-state index in [1.54, 1.807) is 6.07 Å². The van der Waals surface area contributed by atoms with Gasteiger partial charge in [-0.25, -0.2) is 4.79 Å². The molecule has 0 aliphatic heterocycles. The van der Waals surface area contributed by atoms with Gasteiger partial charge in [0.05, 0.1) is 17.7 Å². The smallest absolute Gasteiger partial charge is 0.315 e. The number of amides is 2. The number of carbonyl (C=O) groups excluding carboxylic acids is 1. The van der Waals surface area contributed by atoms with Crippen LogP contribution < -0.4 is 10.6 Å². The fraction of sp³-hybridized carbons (Fsp3) is 0.300. The minimum Gasteiger partial charge on any atom is -0.391 e. The average Bonchev–Trinajstić information content (AvgIpc) is 2.65. The topological polar surface area (TPSA) is 85.2 Å². The highest BCUT2D eigenvalue weighted by Gasteiger charge is 2.07. The van der Waals surface area contributed by atoms with E-state index in [0.29, 0.717) is 18.5 Å². The predicted octanol–water partition coefficient (Wildman–Crippen LogP) is 3.19. The maximum Gasteiger partial charge on any atom is 0.315 e. The van der Waals surface area contributed by atoms with Gasteiger partial charge < -0.3 is 15.7 Å². The first-order valence-electron chi connectivity index (χ1n) is 8.42. The molecule has 0 fully saturated rings. The molecule has 1 unspecified atom stereocenters. The van der Waals surface area contributed by atoms with E-state index in [1.807, 2.05) is 49.4 Å². The third kappa shape index (κ3) is 5.63. The molecule has 2 aromatic rings. The highest BCUT2D eigenvalue weighted by atomic mass is 16.3. The zero-order valence-corrected chi connectivity index (χ0v) is 14.3. The second kappa shape index (κ2) is 9.45. The summed E-state index contributed by atoms with van der Waals surface area (Å²) >= 11 is 0. The third-order valence-corrected chi connectivity index (χ3v) is 3.89. The van der Waals surface area contributed by atoms with Crippen LogP contribution in [0.3, 0.4) is 0 Å². The van der Waals surface area contributed by atoms with Crippen molar-refractivity contribution in [2.45, 2.75) is 32.4 Å². The first kappa shape index (κ1) is 18.5. The van der Waals surface area contributed by atoms with E-state index in [0.717, 1.165) is 23.1 Å². The molecular formula is C20H23N3O2. The van der Waals surface area contributed by atoms with Crippen LogP contribution in [0.4, 0.5) is 4.79 Å². The number of hydrogen-bond acceptors (Lipinski definition) is 3. The van der Waals surface area contributed by atoms with Crippen molar-refractivity contribution in [1.82, 2.24) is 10.6 Å². The molecule has 0 saturated carbocycles. The van der Waals surface area contributed by atoms with Gasteiger partial charge in [0, 0.05) is 13.1 Å². The van der Waals surface area contributed by atoms with Crippen molar-refractivity contribution < 1.29 is 9.90 Å². The number of aliphatic hydroxyl groups is 1. The van der Waals surface area contributed by atoms with Gasteiger partial charge in [-0.2, -0.15) is 5.26 Å². The molecular weight excluding hydrogens is 314 g/mol. The van der Waals surface area contributed by atoms with E-state index in [1.165, 1.54) is 0 Å². The Hall–Kier alpha value is -2.84. The largest absolute Gasteiger partial charge is 0.391 e. The molecule has 2 amide bonds. The van der Waals surface area contributed by atoms with Crippen LogP contribution >= 0.6 is 0 Å². The van der Waals surface area contributed by atoms with Crippen LogP contribution in [-0.4, -0.2) is 23.8 Å². The number of urea groups is 1. The summed E-state index contributed by atoms with van der Waals surface area (Å²) in [5.41, 5.74) is 3.46. The number of aliphatic hydroxyl groups excluding tert-OH is 1. The molecule has 130 valence electrons. The number of nitrogens with zero attached hydrogens (tertiary/aromatic N) is 1. The third-order valence-electron chi connectivity index (χ3n) is 3.89. The van der Waals surface area contributed by atoms with Crippen molar-refractivity contribution in [3.05, 3.63) is 59.7 Å². The molecule has 0 aliphatic carbocycles. The molecule has 25 heavy (non-hydrogen) atoms. The number of carbonyl (C=O) groups is 1. The van der Waals surface area contributed by atoms with E-state index in [4.69, 9.17) is 0 Å². The Bertz CT molecular complexity index is 735. The Morgan fingerprint density at radius 3 is 2.56 bits per heavy atom. The van der Waals surface area contributed by atoms with Crippen molar-refractivity contribution in [1.29, 1.82) is 5.26 Å². The Morgan fingerprint density at radius 1 is 1.16 bits per heavy atom. The monoisotopic (exact) mass is 337 g/mol. The van der Waals surface area contributed by atoms with Crippen LogP contribution in [0.15, 0.2) is 48.5 Å². The lowest BCUT2D eigenvalue weighted by molar-refractivity contribution is 0.160. The Morgan fingerprint density at radius 2 is 1.88 bits per heavy atom. The van der Waals surface area contributed by atoms with E-state index >= 15 is 0 Å². The molecule has 3 N–H and O–H groups in total. The maximum atomic E-state index is 11.7. The molecule has 0 spiro atoms. The lowest BCUT2D eigenvalue weighted by Crippen LogP contribution is -2.39. The van der Waals surface area contributed by atoms with Crippen LogP contribution in [0.1, 0.15) is 30.9 Å². The maximum absolute atomic E-state index is 11.7. The predicted molar refractivity (Wildman–Crippen MR) is 97.7 cm³/mol. The average molecular weight is 337 g/mol. The van der Waals surface area contributed by atoms with Crippen LogP contribution in [0.25, 0.3) is 11.1 Å². The molecule has 5 nitrogen and oxygen atoms in total. The first-order valence-corrected chi connectivity index (χ1v) is 8.42. The highest BCUT2D eigenvalue weighted by molar-refractivity contribution is 5.74. The minimum absolute atomic E-state index is 0.254. The normalized spacial score (nSPS) is 11.4. The van der Waals surface area contributed by atoms with Gasteiger partial charge in [0.1, 0.15) is 0 Å². The minimum atomic E-state index is -0.504. The van der Waals surface area contributed by atoms with E-state index in [2.05, 4.69) is 16.7 Å². The molecule has 0 bridgehead atoms. The summed E-state index contributed by atoms with van der Waals surface area (Å²) in [7, 11) is 0. The van der Waals surface area contributed by atoms with Crippen LogP contribution in [0, 0.1) is 11.3 Å². The second-order valence-electron chi connectivity index (χ2n) is 5.86. The number of benzene rings is 2. The Labute approximate surface area is 148 Å². The molecule has 0 aliphatic rings. The van der Waals surface area contributed by atoms with Crippen LogP contribution in [0.5, 0.6) is 0 Å². The Kier molecular flexibility index (Phi) is 7.00. The second-order valence-corrected chi connectivity index (χ2v) is 5.86. The van der Waals surface area contributed by atoms with Crippen LogP contribution in [-0.2, 0) is 6.54 Å². The summed E-state index contributed by atoms with van der Waals surface area (Å²) < 4.78 is 0. The fourth-order valence-electron chi connectivity index (χ4n) is 2.53. The molecule has 0 aromatic heterocycles. The number of hydrogen-bond donors (Lipinski definition) is 3. The molecule has 0 heterocycles. The molecule has 5 heteroatoms. The van der Waals surface area contributed by atoms with Gasteiger partial charge >= 0.3 is 6.03 Å². The standard InChI is InChI=1S/C20H23N3O2/c1-2-5-18(24)14-23-20(25)22-13-15-8-10-16(11-9-15)19-7-4-3-6-17(19)12-21/h3-4,6-11,18,24H,2,5,13-14H2,1H3,(H2,22,23,25). The van der Waals surface area contributed by atoms with Crippen molar-refractivity contribution in [3.63, 3.8) is 0 Å². The molecule has 2 aromatic carbocycles. The van der Waals surface area contributed by atoms with Crippen molar-refractivity contribution in [2.75, 3.05) is 6.54 Å². The summed E-state index contributed by atoms with van der Waals surface area (Å²) in [6.07, 6.45) is 1.05. The van der Waals surface area contributed by atoms with Crippen LogP contribution in [0.2, 0.25) is 0 Å². The quantitative estimate of drug-likeness (QED) is 0.725. The molecule has 0 radical (unpaired) electrons. The Balaban J connectivity index is 1.88. The van der Waals surface area contributed by atoms with Crippen molar-refractivity contribution >= 4 is 6.03 Å². The molecule has 2 rings (SSSR count). The SMILES string of the molecule is CCCC(O)CNC(=O)NCc1ccc(-c2ccccc2C#N)cc1. The zero-order chi connectivity index (χ0) is 18.1. The van der Waals surface area contributed by atoms with Gasteiger partial charge in [-0.3, -0.25) is 0 Å². The summed E-state index contributed by atoms with van der Waals surface area (Å²) in [4.78, 5) is 11.7. The van der Waals surface area contributed by atoms with E-state index in [-0.39, 0.29) is 12.6 Å². The van der Waals surface area contributed by atoms with Gasteiger partial charge in [0.15, 0.2) is 0 Å². The van der Waals surface area contributed by atoms with Gasteiger partial charge in [-0.05, 0) is 29.2 Å². The highest BCUT2D eigenvalue weighted by Crippen LogP contribution is 2.23. The molecule has 1 atom stereocenters. The summed E-state index contributed by atoms with van der Waals surface area (Å²) in [6.45, 7) is 2.64. The lowest BCUT2D eigenvalue weighted by atomic mass is 9.99. The number of rotatable bonds is 7. The summed E-state index contributed by atoms with van der Waals surface area (Å²) in [5.74, 6) is 0. The number of nitriles is 1. The van der Waals surface area contributed by atoms with Gasteiger partial charge in [0.2, 0.25) is 0 Å². The van der Waals surface area contributed by atoms with Gasteiger partial charge in [-0.1, -0.05) is 55.8 Å². The fourth-order valence-corrected chi connectivity index (χ4v) is 2.53. The first-order chi connectivity index (χ1) is 12.1.